The third-order valence-corrected chi connectivity index (χ3v) is 5.38. The number of carbonyl (C=O) groups excluding carboxylic acids is 1. The normalized spacial score (nSPS) is 10.8. The van der Waals surface area contributed by atoms with Crippen LogP contribution in [0.5, 0.6) is 0 Å². The first kappa shape index (κ1) is 21.4. The number of likely N-dealkylation sites (N-methyl/N-ethyl adjacent to an activating group) is 1. The topological polar surface area (TPSA) is 51.0 Å². The van der Waals surface area contributed by atoms with Crippen LogP contribution in [0.2, 0.25) is 0 Å². The van der Waals surface area contributed by atoms with E-state index in [1.807, 2.05) is 61.0 Å². The Morgan fingerprint density at radius 3 is 2.25 bits per heavy atom. The monoisotopic (exact) mass is 428 g/mol. The average Bonchev–Trinajstić information content (AvgIpc) is 3.20. The Bertz CT molecular complexity index is 1190. The first-order valence-electron chi connectivity index (χ1n) is 10.7. The minimum Gasteiger partial charge on any atom is -0.296 e. The summed E-state index contributed by atoms with van der Waals surface area (Å²) in [4.78, 5) is 19.3. The standard InChI is InChI=1S/C26H25FN4O/c1-3-30(23(32)18-19-8-6-5-7-9-19)26-24(20-14-16-28-17-15-20)25(29-31(26)4-2)21-10-12-22(27)13-11-21/h5-17H,3-4,18H2,1-2H3. The zero-order valence-electron chi connectivity index (χ0n) is 18.2. The van der Waals surface area contributed by atoms with E-state index in [2.05, 4.69) is 4.98 Å². The molecular weight excluding hydrogens is 403 g/mol. The van der Waals surface area contributed by atoms with Crippen molar-refractivity contribution in [3.05, 3.63) is 90.5 Å². The lowest BCUT2D eigenvalue weighted by molar-refractivity contribution is -0.118. The molecule has 0 unspecified atom stereocenters. The fraction of sp³-hybridized carbons (Fsp3) is 0.192. The zero-order valence-corrected chi connectivity index (χ0v) is 18.2. The summed E-state index contributed by atoms with van der Waals surface area (Å²) in [6, 6.07) is 19.8. The minimum atomic E-state index is -0.303. The third kappa shape index (κ3) is 4.30. The Kier molecular flexibility index (Phi) is 6.40. The number of anilines is 1. The fourth-order valence-electron chi connectivity index (χ4n) is 3.85. The van der Waals surface area contributed by atoms with Crippen molar-refractivity contribution < 1.29 is 9.18 Å². The van der Waals surface area contributed by atoms with Crippen LogP contribution in [0.25, 0.3) is 22.4 Å². The van der Waals surface area contributed by atoms with Crippen LogP contribution in [0.1, 0.15) is 19.4 Å². The molecule has 162 valence electrons. The van der Waals surface area contributed by atoms with E-state index in [-0.39, 0.29) is 11.7 Å². The maximum atomic E-state index is 13.6. The van der Waals surface area contributed by atoms with Crippen molar-refractivity contribution in [3.8, 4) is 22.4 Å². The molecule has 32 heavy (non-hydrogen) atoms. The maximum absolute atomic E-state index is 13.6. The molecule has 0 aliphatic rings. The van der Waals surface area contributed by atoms with Gasteiger partial charge in [-0.1, -0.05) is 30.3 Å². The Morgan fingerprint density at radius 1 is 0.938 bits per heavy atom. The van der Waals surface area contributed by atoms with E-state index < -0.39 is 0 Å². The van der Waals surface area contributed by atoms with Crippen LogP contribution in [0, 0.1) is 5.82 Å². The highest BCUT2D eigenvalue weighted by Crippen LogP contribution is 2.39. The molecule has 0 atom stereocenters. The van der Waals surface area contributed by atoms with Gasteiger partial charge in [0.15, 0.2) is 0 Å². The first-order valence-corrected chi connectivity index (χ1v) is 10.7. The molecule has 5 nitrogen and oxygen atoms in total. The van der Waals surface area contributed by atoms with Gasteiger partial charge in [-0.25, -0.2) is 9.07 Å². The van der Waals surface area contributed by atoms with Crippen molar-refractivity contribution in [2.45, 2.75) is 26.8 Å². The second kappa shape index (κ2) is 9.56. The van der Waals surface area contributed by atoms with Crippen molar-refractivity contribution in [1.82, 2.24) is 14.8 Å². The third-order valence-electron chi connectivity index (χ3n) is 5.38. The lowest BCUT2D eigenvalue weighted by atomic mass is 10.0. The van der Waals surface area contributed by atoms with E-state index in [9.17, 15) is 9.18 Å². The number of rotatable bonds is 7. The Balaban J connectivity index is 1.87. The van der Waals surface area contributed by atoms with E-state index in [1.54, 1.807) is 29.4 Å². The molecule has 4 aromatic rings. The van der Waals surface area contributed by atoms with Gasteiger partial charge in [-0.3, -0.25) is 14.7 Å². The predicted octanol–water partition coefficient (Wildman–Crippen LogP) is 5.37. The summed E-state index contributed by atoms with van der Waals surface area (Å²) < 4.78 is 15.4. The van der Waals surface area contributed by atoms with E-state index in [4.69, 9.17) is 5.10 Å². The van der Waals surface area contributed by atoms with Crippen LogP contribution >= 0.6 is 0 Å². The summed E-state index contributed by atoms with van der Waals surface area (Å²) in [6.45, 7) is 5.04. The number of benzene rings is 2. The number of hydrogen-bond donors (Lipinski definition) is 0. The number of nitrogens with zero attached hydrogens (tertiary/aromatic N) is 4. The summed E-state index contributed by atoms with van der Waals surface area (Å²) in [5.74, 6) is 0.429. The number of aryl methyl sites for hydroxylation is 1. The molecular formula is C26H25FN4O. The highest BCUT2D eigenvalue weighted by Gasteiger charge is 2.27. The van der Waals surface area contributed by atoms with Gasteiger partial charge in [0, 0.05) is 31.0 Å². The molecule has 0 saturated carbocycles. The van der Waals surface area contributed by atoms with Gasteiger partial charge in [0.25, 0.3) is 0 Å². The Morgan fingerprint density at radius 2 is 1.62 bits per heavy atom. The lowest BCUT2D eigenvalue weighted by Gasteiger charge is -2.23. The van der Waals surface area contributed by atoms with Gasteiger partial charge in [-0.2, -0.15) is 5.10 Å². The molecule has 2 aromatic heterocycles. The summed E-state index contributed by atoms with van der Waals surface area (Å²) in [6.07, 6.45) is 3.74. The van der Waals surface area contributed by atoms with Crippen LogP contribution in [0.3, 0.4) is 0 Å². The quantitative estimate of drug-likeness (QED) is 0.398. The minimum absolute atomic E-state index is 0.00531. The van der Waals surface area contributed by atoms with Crippen LogP contribution in [-0.4, -0.2) is 27.2 Å². The lowest BCUT2D eigenvalue weighted by Crippen LogP contribution is -2.34. The van der Waals surface area contributed by atoms with Gasteiger partial charge in [0.05, 0.1) is 12.0 Å². The van der Waals surface area contributed by atoms with Gasteiger partial charge >= 0.3 is 0 Å². The number of pyridine rings is 1. The molecule has 0 aliphatic carbocycles. The van der Waals surface area contributed by atoms with E-state index >= 15 is 0 Å². The molecule has 0 aliphatic heterocycles. The summed E-state index contributed by atoms with van der Waals surface area (Å²) in [5, 5.41) is 4.84. The predicted molar refractivity (Wildman–Crippen MR) is 125 cm³/mol. The van der Waals surface area contributed by atoms with Crippen molar-refractivity contribution >= 4 is 11.7 Å². The molecule has 0 radical (unpaired) electrons. The zero-order chi connectivity index (χ0) is 22.5. The molecule has 0 bridgehead atoms. The summed E-state index contributed by atoms with van der Waals surface area (Å²) in [7, 11) is 0. The summed E-state index contributed by atoms with van der Waals surface area (Å²) in [5.41, 5.74) is 4.20. The number of carbonyl (C=O) groups is 1. The number of amides is 1. The van der Waals surface area contributed by atoms with Crippen molar-refractivity contribution in [2.75, 3.05) is 11.4 Å². The van der Waals surface area contributed by atoms with Gasteiger partial charge in [0.1, 0.15) is 17.3 Å². The van der Waals surface area contributed by atoms with Crippen LogP contribution in [0.15, 0.2) is 79.1 Å². The van der Waals surface area contributed by atoms with Crippen LogP contribution in [0.4, 0.5) is 10.2 Å². The molecule has 1 amide bonds. The molecule has 4 rings (SSSR count). The number of hydrogen-bond acceptors (Lipinski definition) is 3. The molecule has 0 fully saturated rings. The highest BCUT2D eigenvalue weighted by molar-refractivity contribution is 6.00. The molecule has 6 heteroatoms. The molecule has 0 N–H and O–H groups in total. The van der Waals surface area contributed by atoms with Crippen LogP contribution < -0.4 is 4.90 Å². The average molecular weight is 429 g/mol. The summed E-state index contributed by atoms with van der Waals surface area (Å²) >= 11 is 0. The number of aromatic nitrogens is 3. The second-order valence-electron chi connectivity index (χ2n) is 7.41. The van der Waals surface area contributed by atoms with E-state index in [0.29, 0.717) is 25.2 Å². The smallest absolute Gasteiger partial charge is 0.232 e. The van der Waals surface area contributed by atoms with Gasteiger partial charge in [0.2, 0.25) is 5.91 Å². The molecule has 0 saturated heterocycles. The number of halogens is 1. The SMILES string of the molecule is CCN(C(=O)Cc1ccccc1)c1c(-c2ccncc2)c(-c2ccc(F)cc2)nn1CC. The van der Waals surface area contributed by atoms with Gasteiger partial charge < -0.3 is 0 Å². The second-order valence-corrected chi connectivity index (χ2v) is 7.41. The fourth-order valence-corrected chi connectivity index (χ4v) is 3.85. The van der Waals surface area contributed by atoms with Crippen LogP contribution in [-0.2, 0) is 17.8 Å². The van der Waals surface area contributed by atoms with Gasteiger partial charge in [-0.15, -0.1) is 0 Å². The van der Waals surface area contributed by atoms with Crippen molar-refractivity contribution in [3.63, 3.8) is 0 Å². The largest absolute Gasteiger partial charge is 0.296 e. The Hall–Kier alpha value is -3.80. The van der Waals surface area contributed by atoms with Crippen molar-refractivity contribution in [1.29, 1.82) is 0 Å². The maximum Gasteiger partial charge on any atom is 0.232 e. The first-order chi connectivity index (χ1) is 15.6. The van der Waals surface area contributed by atoms with E-state index in [1.165, 1.54) is 12.1 Å². The molecule has 2 heterocycles. The van der Waals surface area contributed by atoms with Gasteiger partial charge in [-0.05, 0) is 61.4 Å². The molecule has 2 aromatic carbocycles. The van der Waals surface area contributed by atoms with Crippen molar-refractivity contribution in [2.24, 2.45) is 0 Å². The molecule has 0 spiro atoms. The highest BCUT2D eigenvalue weighted by atomic mass is 19.1. The van der Waals surface area contributed by atoms with E-state index in [0.717, 1.165) is 28.1 Å². The Labute approximate surface area is 187 Å².